The fourth-order valence-electron chi connectivity index (χ4n) is 2.39. The molecule has 104 valence electrons. The maximum absolute atomic E-state index is 12.8. The van der Waals surface area contributed by atoms with Gasteiger partial charge in [-0.25, -0.2) is 8.42 Å². The number of anilines is 1. The molecule has 4 nitrogen and oxygen atoms in total. The number of nitrogens with two attached hydrogens (primary N) is 1. The van der Waals surface area contributed by atoms with Crippen LogP contribution in [0.15, 0.2) is 23.1 Å². The Balaban J connectivity index is 1.94. The molecule has 0 saturated heterocycles. The van der Waals surface area contributed by atoms with E-state index in [0.29, 0.717) is 18.2 Å². The van der Waals surface area contributed by atoms with Gasteiger partial charge in [0.05, 0.1) is 5.69 Å². The molecular formula is C14H20N2O2S. The van der Waals surface area contributed by atoms with Crippen LogP contribution in [-0.4, -0.2) is 25.3 Å². The molecule has 0 atom stereocenters. The zero-order chi connectivity index (χ0) is 13.6. The highest BCUT2D eigenvalue weighted by atomic mass is 32.2. The molecule has 1 aromatic carbocycles. The van der Waals surface area contributed by atoms with Crippen LogP contribution in [0, 0.1) is 12.8 Å². The van der Waals surface area contributed by atoms with Crippen molar-refractivity contribution in [1.82, 2.24) is 4.31 Å². The topological polar surface area (TPSA) is 63.4 Å². The highest BCUT2D eigenvalue weighted by Gasteiger charge is 2.41. The van der Waals surface area contributed by atoms with Gasteiger partial charge in [-0.05, 0) is 56.2 Å². The minimum Gasteiger partial charge on any atom is -0.398 e. The third kappa shape index (κ3) is 2.62. The maximum atomic E-state index is 12.8. The molecule has 1 aromatic rings. The number of hydrogen-bond donors (Lipinski definition) is 1. The third-order valence-corrected chi connectivity index (χ3v) is 5.83. The molecule has 0 amide bonds. The largest absolute Gasteiger partial charge is 0.398 e. The molecule has 2 fully saturated rings. The van der Waals surface area contributed by atoms with E-state index in [-0.39, 0.29) is 10.9 Å². The molecule has 3 rings (SSSR count). The first-order valence-corrected chi connectivity index (χ1v) is 8.30. The monoisotopic (exact) mass is 280 g/mol. The van der Waals surface area contributed by atoms with Crippen molar-refractivity contribution in [2.45, 2.75) is 43.5 Å². The first-order chi connectivity index (χ1) is 8.98. The van der Waals surface area contributed by atoms with Gasteiger partial charge in [-0.2, -0.15) is 4.31 Å². The van der Waals surface area contributed by atoms with E-state index in [4.69, 9.17) is 5.73 Å². The zero-order valence-electron chi connectivity index (χ0n) is 11.2. The van der Waals surface area contributed by atoms with Gasteiger partial charge in [0.25, 0.3) is 0 Å². The van der Waals surface area contributed by atoms with E-state index < -0.39 is 10.0 Å². The van der Waals surface area contributed by atoms with Gasteiger partial charge in [0.2, 0.25) is 10.0 Å². The minimum absolute atomic E-state index is 0.200. The highest BCUT2D eigenvalue weighted by Crippen LogP contribution is 2.38. The van der Waals surface area contributed by atoms with Crippen molar-refractivity contribution in [3.8, 4) is 0 Å². The highest BCUT2D eigenvalue weighted by molar-refractivity contribution is 7.89. The first-order valence-electron chi connectivity index (χ1n) is 6.86. The molecule has 0 radical (unpaired) electrons. The fraction of sp³-hybridized carbons (Fsp3) is 0.571. The van der Waals surface area contributed by atoms with Crippen LogP contribution in [0.1, 0.15) is 31.2 Å². The van der Waals surface area contributed by atoms with Crippen molar-refractivity contribution in [3.05, 3.63) is 23.8 Å². The first kappa shape index (κ1) is 12.9. The summed E-state index contributed by atoms with van der Waals surface area (Å²) in [5.41, 5.74) is 7.25. The van der Waals surface area contributed by atoms with E-state index in [9.17, 15) is 8.42 Å². The van der Waals surface area contributed by atoms with Crippen LogP contribution in [0.25, 0.3) is 0 Å². The lowest BCUT2D eigenvalue weighted by atomic mass is 10.2. The predicted octanol–water partition coefficient (Wildman–Crippen LogP) is 2.14. The van der Waals surface area contributed by atoms with E-state index in [1.54, 1.807) is 16.4 Å². The van der Waals surface area contributed by atoms with Crippen molar-refractivity contribution in [1.29, 1.82) is 0 Å². The lowest BCUT2D eigenvalue weighted by Gasteiger charge is -2.22. The second kappa shape index (κ2) is 4.49. The molecule has 2 aliphatic carbocycles. The van der Waals surface area contributed by atoms with Crippen LogP contribution in [-0.2, 0) is 10.0 Å². The van der Waals surface area contributed by atoms with Crippen LogP contribution in [0.5, 0.6) is 0 Å². The van der Waals surface area contributed by atoms with Gasteiger partial charge >= 0.3 is 0 Å². The fourth-order valence-corrected chi connectivity index (χ4v) is 4.25. The van der Waals surface area contributed by atoms with Crippen molar-refractivity contribution >= 4 is 15.7 Å². The summed E-state index contributed by atoms with van der Waals surface area (Å²) in [6.07, 6.45) is 4.28. The number of rotatable bonds is 5. The van der Waals surface area contributed by atoms with Crippen molar-refractivity contribution in [2.24, 2.45) is 5.92 Å². The molecule has 0 spiro atoms. The van der Waals surface area contributed by atoms with Crippen molar-refractivity contribution in [3.63, 3.8) is 0 Å². The predicted molar refractivity (Wildman–Crippen MR) is 75.2 cm³/mol. The Morgan fingerprint density at radius 3 is 2.47 bits per heavy atom. The normalized spacial score (nSPS) is 19.9. The molecule has 0 heterocycles. The molecular weight excluding hydrogens is 260 g/mol. The SMILES string of the molecule is Cc1ccc(S(=O)(=O)N(CC2CC2)C2CC2)c(N)c1. The van der Waals surface area contributed by atoms with Gasteiger partial charge in [0.15, 0.2) is 0 Å². The van der Waals surface area contributed by atoms with Crippen LogP contribution >= 0.6 is 0 Å². The molecule has 5 heteroatoms. The Bertz CT molecular complexity index is 589. The standard InChI is InChI=1S/C14H20N2O2S/c1-10-2-7-14(13(15)8-10)19(17,18)16(12-5-6-12)9-11-3-4-11/h2,7-8,11-12H,3-6,9,15H2,1H3. The average Bonchev–Trinajstić information content (AvgIpc) is 3.19. The zero-order valence-corrected chi connectivity index (χ0v) is 12.0. The summed E-state index contributed by atoms with van der Waals surface area (Å²) >= 11 is 0. The molecule has 0 aromatic heterocycles. The summed E-state index contributed by atoms with van der Waals surface area (Å²) in [6, 6.07) is 5.38. The van der Waals surface area contributed by atoms with E-state index in [0.717, 1.165) is 31.2 Å². The van der Waals surface area contributed by atoms with Gasteiger partial charge in [-0.15, -0.1) is 0 Å². The molecule has 2 aliphatic rings. The summed E-state index contributed by atoms with van der Waals surface area (Å²) in [4.78, 5) is 0.269. The number of nitrogens with zero attached hydrogens (tertiary/aromatic N) is 1. The van der Waals surface area contributed by atoms with Gasteiger partial charge in [-0.1, -0.05) is 6.07 Å². The van der Waals surface area contributed by atoms with Crippen LogP contribution in [0.3, 0.4) is 0 Å². The molecule has 0 aliphatic heterocycles. The third-order valence-electron chi connectivity index (χ3n) is 3.84. The van der Waals surface area contributed by atoms with E-state index in [1.807, 2.05) is 13.0 Å². The Morgan fingerprint density at radius 2 is 1.95 bits per heavy atom. The quantitative estimate of drug-likeness (QED) is 0.840. The van der Waals surface area contributed by atoms with E-state index in [1.165, 1.54) is 0 Å². The second-order valence-electron chi connectivity index (χ2n) is 5.79. The second-order valence-corrected chi connectivity index (χ2v) is 7.65. The number of hydrogen-bond acceptors (Lipinski definition) is 3. The smallest absolute Gasteiger partial charge is 0.245 e. The van der Waals surface area contributed by atoms with E-state index in [2.05, 4.69) is 0 Å². The van der Waals surface area contributed by atoms with Gasteiger partial charge in [0.1, 0.15) is 4.90 Å². The molecule has 19 heavy (non-hydrogen) atoms. The molecule has 2 saturated carbocycles. The minimum atomic E-state index is -3.43. The van der Waals surface area contributed by atoms with Gasteiger partial charge < -0.3 is 5.73 Å². The number of aryl methyl sites for hydroxylation is 1. The van der Waals surface area contributed by atoms with Gasteiger partial charge in [0, 0.05) is 12.6 Å². The Morgan fingerprint density at radius 1 is 1.26 bits per heavy atom. The Labute approximate surface area is 114 Å². The Kier molecular flexibility index (Phi) is 3.06. The van der Waals surface area contributed by atoms with Crippen LogP contribution in [0.4, 0.5) is 5.69 Å². The lowest BCUT2D eigenvalue weighted by molar-refractivity contribution is 0.389. The van der Waals surface area contributed by atoms with Crippen molar-refractivity contribution in [2.75, 3.05) is 12.3 Å². The average molecular weight is 280 g/mol. The summed E-state index contributed by atoms with van der Waals surface area (Å²) in [6.45, 7) is 2.58. The summed E-state index contributed by atoms with van der Waals surface area (Å²) in [5, 5.41) is 0. The van der Waals surface area contributed by atoms with Crippen LogP contribution < -0.4 is 5.73 Å². The van der Waals surface area contributed by atoms with Crippen molar-refractivity contribution < 1.29 is 8.42 Å². The number of benzene rings is 1. The number of nitrogen functional groups attached to an aromatic ring is 1. The lowest BCUT2D eigenvalue weighted by Crippen LogP contribution is -2.35. The summed E-state index contributed by atoms with van der Waals surface area (Å²) in [7, 11) is -3.43. The molecule has 0 unspecified atom stereocenters. The van der Waals surface area contributed by atoms with Gasteiger partial charge in [-0.3, -0.25) is 0 Å². The van der Waals surface area contributed by atoms with E-state index >= 15 is 0 Å². The molecule has 0 bridgehead atoms. The van der Waals surface area contributed by atoms with Crippen LogP contribution in [0.2, 0.25) is 0 Å². The summed E-state index contributed by atoms with van der Waals surface area (Å²) in [5.74, 6) is 0.557. The number of sulfonamides is 1. The summed E-state index contributed by atoms with van der Waals surface area (Å²) < 4.78 is 27.2. The Hall–Kier alpha value is -1.07. The maximum Gasteiger partial charge on any atom is 0.245 e. The molecule has 2 N–H and O–H groups in total.